The normalized spacial score (nSPS) is 18.8. The molecule has 12 heavy (non-hydrogen) atoms. The fraction of sp³-hybridized carbons (Fsp3) is 0.750. The van der Waals surface area contributed by atoms with Gasteiger partial charge in [0.25, 0.3) is 0 Å². The van der Waals surface area contributed by atoms with E-state index in [2.05, 4.69) is 26.0 Å². The van der Waals surface area contributed by atoms with E-state index >= 15 is 0 Å². The van der Waals surface area contributed by atoms with Crippen LogP contribution in [0.3, 0.4) is 0 Å². The van der Waals surface area contributed by atoms with Crippen LogP contribution >= 0.6 is 15.9 Å². The predicted octanol–water partition coefficient (Wildman–Crippen LogP) is 2.24. The number of hydrogen-bond acceptors (Lipinski definition) is 2. The van der Waals surface area contributed by atoms with Gasteiger partial charge in [0.2, 0.25) is 4.73 Å². The summed E-state index contributed by atoms with van der Waals surface area (Å²) in [6.07, 6.45) is 5.24. The second-order valence-electron chi connectivity index (χ2n) is 3.34. The third-order valence-corrected chi connectivity index (χ3v) is 2.83. The van der Waals surface area contributed by atoms with Gasteiger partial charge in [0.1, 0.15) is 5.82 Å². The highest BCUT2D eigenvalue weighted by atomic mass is 79.9. The lowest BCUT2D eigenvalue weighted by molar-refractivity contribution is 0.601. The minimum Gasteiger partial charge on any atom is -0.252 e. The van der Waals surface area contributed by atoms with Crippen LogP contribution < -0.4 is 0 Å². The summed E-state index contributed by atoms with van der Waals surface area (Å²) in [5.74, 6) is 1.79. The Morgan fingerprint density at radius 2 is 2.08 bits per heavy atom. The number of nitrogens with zero attached hydrogens (tertiary/aromatic N) is 3. The molecule has 1 aromatic heterocycles. The summed E-state index contributed by atoms with van der Waals surface area (Å²) in [5.41, 5.74) is 0. The third-order valence-electron chi connectivity index (χ3n) is 2.49. The molecule has 0 atom stereocenters. The lowest BCUT2D eigenvalue weighted by Crippen LogP contribution is -2.03. The summed E-state index contributed by atoms with van der Waals surface area (Å²) in [6, 6.07) is 0. The molecule has 1 fully saturated rings. The second-order valence-corrected chi connectivity index (χ2v) is 4.05. The van der Waals surface area contributed by atoms with Crippen LogP contribution in [0.25, 0.3) is 0 Å². The highest BCUT2D eigenvalue weighted by Crippen LogP contribution is 2.32. The van der Waals surface area contributed by atoms with Crippen molar-refractivity contribution in [1.29, 1.82) is 0 Å². The van der Waals surface area contributed by atoms with Crippen molar-refractivity contribution in [2.45, 2.75) is 31.6 Å². The van der Waals surface area contributed by atoms with E-state index in [1.54, 1.807) is 0 Å². The van der Waals surface area contributed by atoms with Gasteiger partial charge in [-0.3, -0.25) is 4.68 Å². The van der Waals surface area contributed by atoms with Gasteiger partial charge in [-0.25, -0.2) is 4.98 Å². The molecule has 1 heterocycles. The molecular weight excluding hydrogens is 218 g/mol. The quantitative estimate of drug-likeness (QED) is 0.740. The molecule has 1 aliphatic rings. The molecule has 2 rings (SSSR count). The molecule has 0 aromatic carbocycles. The van der Waals surface area contributed by atoms with E-state index in [4.69, 9.17) is 0 Å². The van der Waals surface area contributed by atoms with E-state index in [9.17, 15) is 0 Å². The van der Waals surface area contributed by atoms with Crippen LogP contribution in [-0.2, 0) is 7.05 Å². The Bertz CT molecular complexity index is 276. The number of rotatable bonds is 1. The van der Waals surface area contributed by atoms with E-state index in [1.165, 1.54) is 25.7 Å². The maximum Gasteiger partial charge on any atom is 0.217 e. The van der Waals surface area contributed by atoms with Crippen LogP contribution in [0.2, 0.25) is 0 Å². The standard InChI is InChI=1S/C8H12BrN3/c1-12-7(10-8(9)11-12)6-4-2-3-5-6/h6H,2-5H2,1H3. The Balaban J connectivity index is 2.25. The van der Waals surface area contributed by atoms with Crippen molar-refractivity contribution < 1.29 is 0 Å². The highest BCUT2D eigenvalue weighted by Gasteiger charge is 2.21. The van der Waals surface area contributed by atoms with E-state index in [1.807, 2.05) is 11.7 Å². The largest absolute Gasteiger partial charge is 0.252 e. The fourth-order valence-electron chi connectivity index (χ4n) is 1.90. The average Bonchev–Trinajstić information content (AvgIpc) is 2.58. The molecule has 1 aliphatic carbocycles. The summed E-state index contributed by atoms with van der Waals surface area (Å²) in [4.78, 5) is 4.36. The van der Waals surface area contributed by atoms with E-state index in [0.29, 0.717) is 10.7 Å². The van der Waals surface area contributed by atoms with Gasteiger partial charge in [0.05, 0.1) is 0 Å². The Kier molecular flexibility index (Phi) is 2.17. The minimum absolute atomic E-state index is 0.647. The van der Waals surface area contributed by atoms with Gasteiger partial charge in [-0.15, -0.1) is 5.10 Å². The Morgan fingerprint density at radius 1 is 1.42 bits per heavy atom. The van der Waals surface area contributed by atoms with Gasteiger partial charge < -0.3 is 0 Å². The van der Waals surface area contributed by atoms with Crippen molar-refractivity contribution in [3.05, 3.63) is 10.6 Å². The zero-order chi connectivity index (χ0) is 8.55. The van der Waals surface area contributed by atoms with E-state index in [0.717, 1.165) is 5.82 Å². The highest BCUT2D eigenvalue weighted by molar-refractivity contribution is 9.10. The van der Waals surface area contributed by atoms with E-state index < -0.39 is 0 Å². The lowest BCUT2D eigenvalue weighted by atomic mass is 10.1. The molecule has 66 valence electrons. The zero-order valence-corrected chi connectivity index (χ0v) is 8.71. The monoisotopic (exact) mass is 229 g/mol. The Morgan fingerprint density at radius 3 is 2.58 bits per heavy atom. The predicted molar refractivity (Wildman–Crippen MR) is 49.9 cm³/mol. The fourth-order valence-corrected chi connectivity index (χ4v) is 2.32. The molecule has 1 aromatic rings. The van der Waals surface area contributed by atoms with Crippen molar-refractivity contribution >= 4 is 15.9 Å². The maximum atomic E-state index is 4.36. The summed E-state index contributed by atoms with van der Waals surface area (Å²) < 4.78 is 2.60. The van der Waals surface area contributed by atoms with Crippen LogP contribution in [-0.4, -0.2) is 14.8 Å². The SMILES string of the molecule is Cn1nc(Br)nc1C1CCCC1. The maximum absolute atomic E-state index is 4.36. The van der Waals surface area contributed by atoms with Gasteiger partial charge in [0, 0.05) is 13.0 Å². The molecule has 0 N–H and O–H groups in total. The van der Waals surface area contributed by atoms with Gasteiger partial charge >= 0.3 is 0 Å². The van der Waals surface area contributed by atoms with Crippen LogP contribution in [0.1, 0.15) is 37.4 Å². The number of halogens is 1. The molecule has 0 unspecified atom stereocenters. The smallest absolute Gasteiger partial charge is 0.217 e. The second kappa shape index (κ2) is 3.17. The number of aryl methyl sites for hydroxylation is 1. The summed E-state index contributed by atoms with van der Waals surface area (Å²) in [6.45, 7) is 0. The van der Waals surface area contributed by atoms with E-state index in [-0.39, 0.29) is 0 Å². The van der Waals surface area contributed by atoms with Gasteiger partial charge in [-0.05, 0) is 28.8 Å². The molecule has 0 bridgehead atoms. The molecule has 4 heteroatoms. The van der Waals surface area contributed by atoms with Crippen molar-refractivity contribution in [2.24, 2.45) is 7.05 Å². The minimum atomic E-state index is 0.647. The first kappa shape index (κ1) is 8.23. The first-order valence-electron chi connectivity index (χ1n) is 4.34. The van der Waals surface area contributed by atoms with Gasteiger partial charge in [-0.1, -0.05) is 12.8 Å². The van der Waals surface area contributed by atoms with Gasteiger partial charge in [0.15, 0.2) is 0 Å². The topological polar surface area (TPSA) is 30.7 Å². The summed E-state index contributed by atoms with van der Waals surface area (Å²) >= 11 is 3.29. The molecule has 1 saturated carbocycles. The third kappa shape index (κ3) is 1.40. The van der Waals surface area contributed by atoms with Crippen molar-refractivity contribution in [3.63, 3.8) is 0 Å². The Hall–Kier alpha value is -0.380. The number of aromatic nitrogens is 3. The van der Waals surface area contributed by atoms with Crippen LogP contribution in [0.4, 0.5) is 0 Å². The number of hydrogen-bond donors (Lipinski definition) is 0. The molecule has 3 nitrogen and oxygen atoms in total. The van der Waals surface area contributed by atoms with Crippen LogP contribution in [0.15, 0.2) is 4.73 Å². The molecule has 0 saturated heterocycles. The molecule has 0 aliphatic heterocycles. The Labute approximate surface area is 80.3 Å². The molecule has 0 radical (unpaired) electrons. The summed E-state index contributed by atoms with van der Waals surface area (Å²) in [7, 11) is 1.96. The molecular formula is C8H12BrN3. The zero-order valence-electron chi connectivity index (χ0n) is 7.13. The van der Waals surface area contributed by atoms with Crippen molar-refractivity contribution in [3.8, 4) is 0 Å². The molecule has 0 spiro atoms. The van der Waals surface area contributed by atoms with Gasteiger partial charge in [-0.2, -0.15) is 0 Å². The molecule has 0 amide bonds. The van der Waals surface area contributed by atoms with Crippen molar-refractivity contribution in [2.75, 3.05) is 0 Å². The van der Waals surface area contributed by atoms with Crippen molar-refractivity contribution in [1.82, 2.24) is 14.8 Å². The first-order chi connectivity index (χ1) is 5.77. The first-order valence-corrected chi connectivity index (χ1v) is 5.13. The lowest BCUT2D eigenvalue weighted by Gasteiger charge is -2.05. The average molecular weight is 230 g/mol. The van der Waals surface area contributed by atoms with Crippen LogP contribution in [0.5, 0.6) is 0 Å². The summed E-state index contributed by atoms with van der Waals surface area (Å²) in [5, 5.41) is 4.18. The van der Waals surface area contributed by atoms with Crippen LogP contribution in [0, 0.1) is 0 Å².